The van der Waals surface area contributed by atoms with Crippen LogP contribution in [0.5, 0.6) is 0 Å². The van der Waals surface area contributed by atoms with Gasteiger partial charge in [-0.2, -0.15) is 10.5 Å². The molecule has 0 saturated carbocycles. The largest absolute Gasteiger partial charge is 0.339 e. The van der Waals surface area contributed by atoms with Crippen LogP contribution in [0.25, 0.3) is 11.1 Å². The van der Waals surface area contributed by atoms with Gasteiger partial charge in [0, 0.05) is 11.3 Å². The molecule has 2 atom stereocenters. The van der Waals surface area contributed by atoms with E-state index in [0.717, 1.165) is 47.4 Å². The fourth-order valence-corrected chi connectivity index (χ4v) is 4.05. The van der Waals surface area contributed by atoms with E-state index in [4.69, 9.17) is 0 Å². The lowest BCUT2D eigenvalue weighted by Gasteiger charge is -2.23. The lowest BCUT2D eigenvalue weighted by molar-refractivity contribution is -0.124. The van der Waals surface area contributed by atoms with Crippen molar-refractivity contribution in [3.8, 4) is 23.3 Å². The van der Waals surface area contributed by atoms with Crippen LogP contribution in [0.4, 0.5) is 0 Å². The topological polar surface area (TPSA) is 88.7 Å². The summed E-state index contributed by atoms with van der Waals surface area (Å²) in [5, 5.41) is 24.8. The van der Waals surface area contributed by atoms with Gasteiger partial charge in [0.2, 0.25) is 5.91 Å². The molecule has 1 saturated heterocycles. The Hall–Kier alpha value is -2.80. The van der Waals surface area contributed by atoms with Crippen LogP contribution in [0.2, 0.25) is 0 Å². The van der Waals surface area contributed by atoms with Crippen LogP contribution in [-0.4, -0.2) is 30.8 Å². The van der Waals surface area contributed by atoms with E-state index in [1.54, 1.807) is 11.8 Å². The lowest BCUT2D eigenvalue weighted by atomic mass is 9.99. The first kappa shape index (κ1) is 20.9. The molecule has 1 heterocycles. The summed E-state index contributed by atoms with van der Waals surface area (Å²) in [4.78, 5) is 13.3. The van der Waals surface area contributed by atoms with Gasteiger partial charge in [0.05, 0.1) is 17.7 Å². The maximum Gasteiger partial charge on any atom is 0.238 e. The molecule has 29 heavy (non-hydrogen) atoms. The van der Waals surface area contributed by atoms with Crippen molar-refractivity contribution < 1.29 is 4.79 Å². The van der Waals surface area contributed by atoms with Crippen LogP contribution in [0.15, 0.2) is 47.4 Å². The second kappa shape index (κ2) is 10.1. The summed E-state index contributed by atoms with van der Waals surface area (Å²) < 4.78 is 0. The molecule has 2 N–H and O–H groups in total. The van der Waals surface area contributed by atoms with Crippen molar-refractivity contribution in [2.75, 3.05) is 12.8 Å². The maximum absolute atomic E-state index is 12.4. The summed E-state index contributed by atoms with van der Waals surface area (Å²) in [6, 6.07) is 17.5. The van der Waals surface area contributed by atoms with Crippen molar-refractivity contribution in [3.05, 3.63) is 53.6 Å². The van der Waals surface area contributed by atoms with Crippen LogP contribution >= 0.6 is 11.8 Å². The van der Waals surface area contributed by atoms with E-state index in [2.05, 4.69) is 22.8 Å². The summed E-state index contributed by atoms with van der Waals surface area (Å²) in [5.41, 5.74) is 3.65. The zero-order valence-electron chi connectivity index (χ0n) is 16.4. The molecule has 1 amide bonds. The molecule has 5 nitrogen and oxygen atoms in total. The van der Waals surface area contributed by atoms with E-state index in [1.165, 1.54) is 0 Å². The van der Waals surface area contributed by atoms with E-state index in [0.29, 0.717) is 12.0 Å². The number of piperidine rings is 1. The summed E-state index contributed by atoms with van der Waals surface area (Å²) >= 11 is 1.56. The smallest absolute Gasteiger partial charge is 0.238 e. The fraction of sp³-hybridized carbons (Fsp3) is 0.348. The molecule has 2 aromatic rings. The van der Waals surface area contributed by atoms with Gasteiger partial charge in [-0.1, -0.05) is 36.8 Å². The Bertz CT molecular complexity index is 937. The predicted octanol–water partition coefficient (Wildman–Crippen LogP) is 3.64. The fourth-order valence-electron chi connectivity index (χ4n) is 3.52. The summed E-state index contributed by atoms with van der Waals surface area (Å²) in [6.07, 6.45) is 5.37. The molecule has 1 aliphatic heterocycles. The Morgan fingerprint density at radius 1 is 1.21 bits per heavy atom. The van der Waals surface area contributed by atoms with Crippen LogP contribution in [0, 0.1) is 22.7 Å². The Morgan fingerprint density at radius 2 is 1.97 bits per heavy atom. The number of rotatable bonds is 6. The molecule has 1 aliphatic rings. The summed E-state index contributed by atoms with van der Waals surface area (Å²) in [5.74, 6) is -0.0919. The predicted molar refractivity (Wildman–Crippen MR) is 115 cm³/mol. The minimum absolute atomic E-state index is 0.0919. The van der Waals surface area contributed by atoms with E-state index >= 15 is 0 Å². The van der Waals surface area contributed by atoms with Gasteiger partial charge in [0.1, 0.15) is 12.1 Å². The standard InChI is InChI=1S/C23H24N4OS/c1-29-22-10-9-18(13-19(22)14-24)17-7-5-16(6-8-17)12-20(15-25)27-23(28)21-4-2-3-11-26-21/h5-10,13,20-21,26H,2-4,11-12H2,1H3,(H,27,28)/t20-,21-/m0/s1. The third kappa shape index (κ3) is 5.38. The number of hydrogen-bond donors (Lipinski definition) is 2. The monoisotopic (exact) mass is 404 g/mol. The SMILES string of the molecule is CSc1ccc(-c2ccc(C[C@@H](C#N)NC(=O)[C@@H]3CCCCN3)cc2)cc1C#N. The Morgan fingerprint density at radius 3 is 2.59 bits per heavy atom. The average molecular weight is 405 g/mol. The molecule has 0 radical (unpaired) electrons. The number of thioether (sulfide) groups is 1. The van der Waals surface area contributed by atoms with E-state index in [1.807, 2.05) is 48.7 Å². The summed E-state index contributed by atoms with van der Waals surface area (Å²) in [6.45, 7) is 0.849. The van der Waals surface area contributed by atoms with Gasteiger partial charge >= 0.3 is 0 Å². The Kier molecular flexibility index (Phi) is 7.30. The lowest BCUT2D eigenvalue weighted by Crippen LogP contribution is -2.49. The van der Waals surface area contributed by atoms with Crippen LogP contribution in [0.1, 0.15) is 30.4 Å². The van der Waals surface area contributed by atoms with E-state index < -0.39 is 6.04 Å². The van der Waals surface area contributed by atoms with Crippen LogP contribution < -0.4 is 10.6 Å². The molecule has 2 aromatic carbocycles. The molecule has 148 valence electrons. The number of benzene rings is 2. The van der Waals surface area contributed by atoms with Gasteiger partial charge in [-0.05, 0) is 54.5 Å². The first-order valence-corrected chi connectivity index (χ1v) is 11.0. The minimum Gasteiger partial charge on any atom is -0.339 e. The number of nitriles is 2. The molecule has 0 aliphatic carbocycles. The van der Waals surface area contributed by atoms with Crippen molar-refractivity contribution in [3.63, 3.8) is 0 Å². The van der Waals surface area contributed by atoms with Crippen LogP contribution in [0.3, 0.4) is 0 Å². The van der Waals surface area contributed by atoms with Gasteiger partial charge in [-0.15, -0.1) is 11.8 Å². The third-order valence-corrected chi connectivity index (χ3v) is 5.94. The number of nitrogens with one attached hydrogen (secondary N) is 2. The maximum atomic E-state index is 12.4. The number of amides is 1. The van der Waals surface area contributed by atoms with E-state index in [-0.39, 0.29) is 11.9 Å². The zero-order valence-corrected chi connectivity index (χ0v) is 17.3. The minimum atomic E-state index is -0.553. The van der Waals surface area contributed by atoms with Crippen molar-refractivity contribution in [2.45, 2.75) is 42.7 Å². The van der Waals surface area contributed by atoms with Gasteiger partial charge in [-0.25, -0.2) is 0 Å². The third-order valence-electron chi connectivity index (χ3n) is 5.15. The molecule has 0 bridgehead atoms. The molecule has 0 unspecified atom stereocenters. The number of nitrogens with zero attached hydrogens (tertiary/aromatic N) is 2. The molecule has 1 fully saturated rings. The first-order chi connectivity index (χ1) is 14.1. The van der Waals surface area contributed by atoms with Crippen molar-refractivity contribution in [2.24, 2.45) is 0 Å². The highest BCUT2D eigenvalue weighted by molar-refractivity contribution is 7.98. The summed E-state index contributed by atoms with van der Waals surface area (Å²) in [7, 11) is 0. The molecule has 6 heteroatoms. The van der Waals surface area contributed by atoms with Gasteiger partial charge in [0.15, 0.2) is 0 Å². The Labute approximate surface area is 176 Å². The number of carbonyl (C=O) groups is 1. The van der Waals surface area contributed by atoms with Crippen molar-refractivity contribution in [1.29, 1.82) is 10.5 Å². The molecule has 3 rings (SSSR count). The van der Waals surface area contributed by atoms with Crippen LogP contribution in [-0.2, 0) is 11.2 Å². The second-order valence-corrected chi connectivity index (χ2v) is 7.97. The number of hydrogen-bond acceptors (Lipinski definition) is 5. The zero-order chi connectivity index (χ0) is 20.6. The second-order valence-electron chi connectivity index (χ2n) is 7.12. The highest BCUT2D eigenvalue weighted by Crippen LogP contribution is 2.27. The van der Waals surface area contributed by atoms with Crippen molar-refractivity contribution >= 4 is 17.7 Å². The van der Waals surface area contributed by atoms with Gasteiger partial charge < -0.3 is 10.6 Å². The number of carbonyl (C=O) groups excluding carboxylic acids is 1. The highest BCUT2D eigenvalue weighted by Gasteiger charge is 2.23. The van der Waals surface area contributed by atoms with Gasteiger partial charge in [0.25, 0.3) is 0 Å². The van der Waals surface area contributed by atoms with E-state index in [9.17, 15) is 15.3 Å². The van der Waals surface area contributed by atoms with Crippen molar-refractivity contribution in [1.82, 2.24) is 10.6 Å². The molecular formula is C23H24N4OS. The highest BCUT2D eigenvalue weighted by atomic mass is 32.2. The first-order valence-electron chi connectivity index (χ1n) is 9.75. The quantitative estimate of drug-likeness (QED) is 0.718. The normalized spacial score (nSPS) is 17.0. The van der Waals surface area contributed by atoms with Gasteiger partial charge in [-0.3, -0.25) is 4.79 Å². The average Bonchev–Trinajstić information content (AvgIpc) is 2.79. The molecular weight excluding hydrogens is 380 g/mol. The molecule has 0 spiro atoms. The Balaban J connectivity index is 1.65. The molecule has 0 aromatic heterocycles.